The van der Waals surface area contributed by atoms with Crippen LogP contribution in [0.2, 0.25) is 0 Å². The molecule has 0 radical (unpaired) electrons. The minimum atomic E-state index is -4.31. The van der Waals surface area contributed by atoms with Crippen LogP contribution >= 0.6 is 0 Å². The van der Waals surface area contributed by atoms with Crippen molar-refractivity contribution in [3.8, 4) is 0 Å². The summed E-state index contributed by atoms with van der Waals surface area (Å²) in [4.78, 5) is 12.7. The van der Waals surface area contributed by atoms with Crippen molar-refractivity contribution in [3.63, 3.8) is 0 Å². The molecule has 0 saturated heterocycles. The molecule has 0 spiro atoms. The highest BCUT2D eigenvalue weighted by Crippen LogP contribution is 2.23. The van der Waals surface area contributed by atoms with Gasteiger partial charge in [0, 0.05) is 12.5 Å². The number of amides is 1. The fourth-order valence-electron chi connectivity index (χ4n) is 1.84. The lowest BCUT2D eigenvalue weighted by Crippen LogP contribution is -2.42. The number of nitrogens with zero attached hydrogens (tertiary/aromatic N) is 1. The van der Waals surface area contributed by atoms with Crippen molar-refractivity contribution < 1.29 is 18.0 Å². The van der Waals surface area contributed by atoms with E-state index in [9.17, 15) is 18.0 Å². The molecular formula is C11H16F3NO. The van der Waals surface area contributed by atoms with Crippen LogP contribution in [0, 0.1) is 5.92 Å². The highest BCUT2D eigenvalue weighted by Gasteiger charge is 2.34. The first-order valence-corrected chi connectivity index (χ1v) is 5.44. The summed E-state index contributed by atoms with van der Waals surface area (Å²) in [6.45, 7) is 0.545. The maximum Gasteiger partial charge on any atom is 0.406 e. The van der Waals surface area contributed by atoms with E-state index >= 15 is 0 Å². The molecule has 0 N–H and O–H groups in total. The van der Waals surface area contributed by atoms with E-state index in [1.807, 2.05) is 12.2 Å². The Balaban J connectivity index is 2.58. The molecule has 0 aromatic carbocycles. The Morgan fingerprint density at radius 3 is 2.56 bits per heavy atom. The van der Waals surface area contributed by atoms with Crippen LogP contribution in [0.15, 0.2) is 12.2 Å². The van der Waals surface area contributed by atoms with Gasteiger partial charge in [0.05, 0.1) is 0 Å². The van der Waals surface area contributed by atoms with Gasteiger partial charge in [0.1, 0.15) is 6.54 Å². The van der Waals surface area contributed by atoms with E-state index < -0.39 is 12.7 Å². The van der Waals surface area contributed by atoms with Crippen LogP contribution < -0.4 is 0 Å². The number of allylic oxidation sites excluding steroid dienone is 2. The van der Waals surface area contributed by atoms with E-state index in [0.29, 0.717) is 12.8 Å². The second-order valence-corrected chi connectivity index (χ2v) is 3.95. The summed E-state index contributed by atoms with van der Waals surface area (Å²) in [6.07, 6.45) is 1.52. The lowest BCUT2D eigenvalue weighted by Gasteiger charge is -2.27. The molecule has 5 heteroatoms. The molecule has 0 saturated carbocycles. The highest BCUT2D eigenvalue weighted by atomic mass is 19.4. The largest absolute Gasteiger partial charge is 0.406 e. The summed E-state index contributed by atoms with van der Waals surface area (Å²) < 4.78 is 36.6. The van der Waals surface area contributed by atoms with Crippen LogP contribution in [0.5, 0.6) is 0 Å². The highest BCUT2D eigenvalue weighted by molar-refractivity contribution is 5.79. The number of hydrogen-bond donors (Lipinski definition) is 0. The third kappa shape index (κ3) is 3.87. The average molecular weight is 235 g/mol. The van der Waals surface area contributed by atoms with Crippen molar-refractivity contribution in [1.29, 1.82) is 0 Å². The molecule has 1 aliphatic rings. The first-order chi connectivity index (χ1) is 7.44. The fourth-order valence-corrected chi connectivity index (χ4v) is 1.84. The van der Waals surface area contributed by atoms with Gasteiger partial charge in [-0.25, -0.2) is 0 Å². The molecule has 0 aromatic rings. The molecule has 0 bridgehead atoms. The second-order valence-electron chi connectivity index (χ2n) is 3.95. The van der Waals surface area contributed by atoms with Crippen molar-refractivity contribution in [3.05, 3.63) is 12.2 Å². The topological polar surface area (TPSA) is 20.3 Å². The quantitative estimate of drug-likeness (QED) is 0.689. The number of rotatable bonds is 3. The summed E-state index contributed by atoms with van der Waals surface area (Å²) in [5.41, 5.74) is 0. The fraction of sp³-hybridized carbons (Fsp3) is 0.727. The molecule has 0 unspecified atom stereocenters. The summed E-state index contributed by atoms with van der Waals surface area (Å²) in [6, 6.07) is 0. The predicted molar refractivity (Wildman–Crippen MR) is 54.8 cm³/mol. The Bertz CT molecular complexity index is 273. The second kappa shape index (κ2) is 5.37. The first kappa shape index (κ1) is 13.1. The van der Waals surface area contributed by atoms with Crippen LogP contribution in [-0.2, 0) is 4.79 Å². The smallest absolute Gasteiger partial charge is 0.334 e. The van der Waals surface area contributed by atoms with Crippen LogP contribution in [0.25, 0.3) is 0 Å². The zero-order valence-electron chi connectivity index (χ0n) is 9.26. The Kier molecular flexibility index (Phi) is 4.38. The van der Waals surface area contributed by atoms with E-state index in [1.54, 1.807) is 6.92 Å². The molecule has 1 aliphatic carbocycles. The van der Waals surface area contributed by atoms with Gasteiger partial charge in [-0.1, -0.05) is 12.2 Å². The summed E-state index contributed by atoms with van der Waals surface area (Å²) >= 11 is 0. The van der Waals surface area contributed by atoms with Crippen molar-refractivity contribution in [1.82, 2.24) is 4.90 Å². The minimum absolute atomic E-state index is 0.110. The van der Waals surface area contributed by atoms with Crippen molar-refractivity contribution in [2.75, 3.05) is 13.1 Å². The van der Waals surface area contributed by atoms with E-state index in [2.05, 4.69) is 0 Å². The summed E-state index contributed by atoms with van der Waals surface area (Å²) in [5, 5.41) is 0. The average Bonchev–Trinajstić information content (AvgIpc) is 2.25. The van der Waals surface area contributed by atoms with E-state index in [1.165, 1.54) is 0 Å². The summed E-state index contributed by atoms with van der Waals surface area (Å²) in [7, 11) is 0. The van der Waals surface area contributed by atoms with E-state index in [0.717, 1.165) is 11.3 Å². The lowest BCUT2D eigenvalue weighted by atomic mass is 9.93. The number of carbonyl (C=O) groups excluding carboxylic acids is 1. The third-order valence-electron chi connectivity index (χ3n) is 2.68. The minimum Gasteiger partial charge on any atom is -0.334 e. The molecule has 0 aliphatic heterocycles. The predicted octanol–water partition coefficient (Wildman–Crippen LogP) is 2.75. The van der Waals surface area contributed by atoms with Gasteiger partial charge < -0.3 is 4.90 Å². The molecule has 0 fully saturated rings. The van der Waals surface area contributed by atoms with Gasteiger partial charge in [0.25, 0.3) is 0 Å². The molecule has 92 valence electrons. The van der Waals surface area contributed by atoms with Gasteiger partial charge in [-0.3, -0.25) is 4.79 Å². The lowest BCUT2D eigenvalue weighted by molar-refractivity contribution is -0.163. The van der Waals surface area contributed by atoms with Gasteiger partial charge in [0.2, 0.25) is 5.91 Å². The zero-order valence-corrected chi connectivity index (χ0v) is 9.26. The van der Waals surface area contributed by atoms with Crippen LogP contribution in [-0.4, -0.2) is 30.1 Å². The molecule has 1 rings (SSSR count). The number of alkyl halides is 3. The van der Waals surface area contributed by atoms with Gasteiger partial charge in [0.15, 0.2) is 0 Å². The van der Waals surface area contributed by atoms with Gasteiger partial charge in [-0.15, -0.1) is 0 Å². The Labute approximate surface area is 93.1 Å². The third-order valence-corrected chi connectivity index (χ3v) is 2.68. The van der Waals surface area contributed by atoms with Gasteiger partial charge in [-0.05, 0) is 26.2 Å². The monoisotopic (exact) mass is 235 g/mol. The molecule has 0 heterocycles. The van der Waals surface area contributed by atoms with Crippen molar-refractivity contribution in [2.45, 2.75) is 32.4 Å². The van der Waals surface area contributed by atoms with Crippen LogP contribution in [0.1, 0.15) is 26.2 Å². The summed E-state index contributed by atoms with van der Waals surface area (Å²) in [5.74, 6) is -0.642. The van der Waals surface area contributed by atoms with E-state index in [-0.39, 0.29) is 18.4 Å². The molecule has 1 atom stereocenters. The van der Waals surface area contributed by atoms with Crippen molar-refractivity contribution >= 4 is 5.91 Å². The van der Waals surface area contributed by atoms with Crippen molar-refractivity contribution in [2.24, 2.45) is 5.92 Å². The number of hydrogen-bond acceptors (Lipinski definition) is 1. The number of carbonyl (C=O) groups is 1. The normalized spacial score (nSPS) is 20.9. The van der Waals surface area contributed by atoms with Gasteiger partial charge >= 0.3 is 6.18 Å². The maximum atomic E-state index is 12.2. The Morgan fingerprint density at radius 1 is 1.44 bits per heavy atom. The molecular weight excluding hydrogens is 219 g/mol. The Hall–Kier alpha value is -1.00. The SMILES string of the molecule is CCN(CC(F)(F)F)C(=O)[C@H]1CC=CCC1. The van der Waals surface area contributed by atoms with E-state index in [4.69, 9.17) is 0 Å². The van der Waals surface area contributed by atoms with Crippen LogP contribution in [0.3, 0.4) is 0 Å². The maximum absolute atomic E-state index is 12.2. The van der Waals surface area contributed by atoms with Crippen LogP contribution in [0.4, 0.5) is 13.2 Å². The standard InChI is InChI=1S/C11H16F3NO/c1-2-15(8-11(12,13)14)10(16)9-6-4-3-5-7-9/h3-4,9H,2,5-8H2,1H3/t9-/m0/s1. The molecule has 0 aromatic heterocycles. The molecule has 2 nitrogen and oxygen atoms in total. The molecule has 1 amide bonds. The first-order valence-electron chi connectivity index (χ1n) is 5.44. The zero-order chi connectivity index (χ0) is 12.2. The Morgan fingerprint density at radius 2 is 2.12 bits per heavy atom. The van der Waals surface area contributed by atoms with Gasteiger partial charge in [-0.2, -0.15) is 13.2 Å². The number of halogens is 3. The molecule has 16 heavy (non-hydrogen) atoms.